The number of carbonyl (C=O) groups excluding carboxylic acids is 1. The van der Waals surface area contributed by atoms with E-state index in [0.717, 1.165) is 0 Å². The molecular weight excluding hydrogens is 278 g/mol. The number of H-pyrrole nitrogens is 1. The third-order valence-corrected chi connectivity index (χ3v) is 3.24. The Morgan fingerprint density at radius 2 is 2.30 bits per heavy atom. The minimum atomic E-state index is -0.482. The van der Waals surface area contributed by atoms with Crippen LogP contribution in [0.4, 0.5) is 0 Å². The molecule has 0 amide bonds. The Morgan fingerprint density at radius 1 is 1.60 bits per heavy atom. The van der Waals surface area contributed by atoms with E-state index in [0.29, 0.717) is 23.1 Å². The molecule has 20 heavy (non-hydrogen) atoms. The van der Waals surface area contributed by atoms with Crippen LogP contribution >= 0.6 is 12.2 Å². The summed E-state index contributed by atoms with van der Waals surface area (Å²) in [5.74, 6) is -0.482. The summed E-state index contributed by atoms with van der Waals surface area (Å²) in [7, 11) is 1.70. The molecule has 0 saturated carbocycles. The lowest BCUT2D eigenvalue weighted by Gasteiger charge is -2.04. The van der Waals surface area contributed by atoms with E-state index in [1.165, 1.54) is 4.57 Å². The van der Waals surface area contributed by atoms with Crippen molar-refractivity contribution in [2.24, 2.45) is 7.05 Å². The summed E-state index contributed by atoms with van der Waals surface area (Å²) in [4.78, 5) is 27.2. The largest absolute Gasteiger partial charge is 0.462 e. The molecule has 0 saturated heterocycles. The quantitative estimate of drug-likeness (QED) is 0.530. The topological polar surface area (TPSA) is 69.0 Å². The highest BCUT2D eigenvalue weighted by Crippen LogP contribution is 2.16. The molecule has 106 valence electrons. The van der Waals surface area contributed by atoms with Gasteiger partial charge in [-0.15, -0.1) is 6.58 Å². The molecule has 1 N–H and O–H groups in total. The third kappa shape index (κ3) is 2.20. The molecule has 0 fully saturated rings. The summed E-state index contributed by atoms with van der Waals surface area (Å²) in [6.07, 6.45) is 3.15. The SMILES string of the molecule is C=CCn1c(=S)[nH]c2c(C(=O)OCC)cn(C)c2c1=O. The van der Waals surface area contributed by atoms with Crippen LogP contribution in [0.15, 0.2) is 23.6 Å². The highest BCUT2D eigenvalue weighted by atomic mass is 32.1. The lowest BCUT2D eigenvalue weighted by molar-refractivity contribution is 0.0528. The summed E-state index contributed by atoms with van der Waals surface area (Å²) < 4.78 is 8.21. The number of carbonyl (C=O) groups is 1. The first-order chi connectivity index (χ1) is 9.51. The van der Waals surface area contributed by atoms with Gasteiger partial charge < -0.3 is 14.3 Å². The van der Waals surface area contributed by atoms with Gasteiger partial charge in [0.1, 0.15) is 11.1 Å². The van der Waals surface area contributed by atoms with E-state index in [1.54, 1.807) is 30.8 Å². The minimum absolute atomic E-state index is 0.249. The molecule has 0 aliphatic rings. The number of aryl methyl sites for hydroxylation is 1. The summed E-state index contributed by atoms with van der Waals surface area (Å²) in [6, 6.07) is 0. The van der Waals surface area contributed by atoms with Crippen molar-refractivity contribution in [1.29, 1.82) is 0 Å². The van der Waals surface area contributed by atoms with E-state index in [1.807, 2.05) is 0 Å². The minimum Gasteiger partial charge on any atom is -0.462 e. The number of aromatic nitrogens is 3. The highest BCUT2D eigenvalue weighted by Gasteiger charge is 2.19. The number of esters is 1. The molecule has 6 nitrogen and oxygen atoms in total. The van der Waals surface area contributed by atoms with Crippen molar-refractivity contribution in [2.75, 3.05) is 6.61 Å². The summed E-state index contributed by atoms with van der Waals surface area (Å²) in [6.45, 7) is 5.90. The van der Waals surface area contributed by atoms with Crippen LogP contribution in [0.25, 0.3) is 11.0 Å². The second-order valence-electron chi connectivity index (χ2n) is 4.23. The molecule has 0 aliphatic carbocycles. The average molecular weight is 293 g/mol. The number of rotatable bonds is 4. The van der Waals surface area contributed by atoms with Crippen LogP contribution in [0, 0.1) is 4.77 Å². The fourth-order valence-electron chi connectivity index (χ4n) is 2.06. The van der Waals surface area contributed by atoms with Gasteiger partial charge >= 0.3 is 5.97 Å². The summed E-state index contributed by atoms with van der Waals surface area (Å²) in [5.41, 5.74) is 0.824. The van der Waals surface area contributed by atoms with E-state index in [2.05, 4.69) is 11.6 Å². The van der Waals surface area contributed by atoms with Crippen molar-refractivity contribution in [3.63, 3.8) is 0 Å². The molecule has 2 aromatic rings. The molecular formula is C13H15N3O3S. The molecule has 0 bridgehead atoms. The van der Waals surface area contributed by atoms with Gasteiger partial charge in [0.25, 0.3) is 5.56 Å². The molecule has 0 radical (unpaired) electrons. The Kier molecular flexibility index (Phi) is 3.89. The van der Waals surface area contributed by atoms with Crippen LogP contribution in [0.1, 0.15) is 17.3 Å². The number of hydrogen-bond donors (Lipinski definition) is 1. The van der Waals surface area contributed by atoms with Crippen molar-refractivity contribution >= 4 is 29.2 Å². The van der Waals surface area contributed by atoms with Crippen LogP contribution in [-0.2, 0) is 18.3 Å². The second kappa shape index (κ2) is 5.46. The van der Waals surface area contributed by atoms with Crippen molar-refractivity contribution < 1.29 is 9.53 Å². The Labute approximate surface area is 120 Å². The maximum atomic E-state index is 12.4. The summed E-state index contributed by atoms with van der Waals surface area (Å²) >= 11 is 5.15. The van der Waals surface area contributed by atoms with E-state index < -0.39 is 5.97 Å². The van der Waals surface area contributed by atoms with Crippen LogP contribution in [-0.4, -0.2) is 26.7 Å². The van der Waals surface area contributed by atoms with E-state index in [4.69, 9.17) is 17.0 Å². The van der Waals surface area contributed by atoms with Gasteiger partial charge in [-0.05, 0) is 19.1 Å². The maximum absolute atomic E-state index is 12.4. The fourth-order valence-corrected chi connectivity index (χ4v) is 2.32. The van der Waals surface area contributed by atoms with Crippen molar-refractivity contribution in [3.8, 4) is 0 Å². The number of ether oxygens (including phenoxy) is 1. The Balaban J connectivity index is 2.80. The zero-order valence-electron chi connectivity index (χ0n) is 11.3. The van der Waals surface area contributed by atoms with E-state index in [-0.39, 0.29) is 16.9 Å². The van der Waals surface area contributed by atoms with Gasteiger partial charge in [-0.3, -0.25) is 9.36 Å². The van der Waals surface area contributed by atoms with Gasteiger partial charge in [-0.25, -0.2) is 4.79 Å². The predicted octanol–water partition coefficient (Wildman–Crippen LogP) is 1.76. The zero-order chi connectivity index (χ0) is 14.9. The number of allylic oxidation sites excluding steroid dienone is 1. The van der Waals surface area contributed by atoms with Crippen LogP contribution in [0.5, 0.6) is 0 Å². The normalized spacial score (nSPS) is 10.7. The smallest absolute Gasteiger partial charge is 0.341 e. The molecule has 0 spiro atoms. The van der Waals surface area contributed by atoms with Gasteiger partial charge in [-0.1, -0.05) is 6.08 Å². The Hall–Kier alpha value is -2.15. The number of fused-ring (bicyclic) bond motifs is 1. The lowest BCUT2D eigenvalue weighted by Crippen LogP contribution is -2.23. The molecule has 0 aromatic carbocycles. The van der Waals surface area contributed by atoms with Gasteiger partial charge in [0.05, 0.1) is 12.1 Å². The van der Waals surface area contributed by atoms with Gasteiger partial charge in [0, 0.05) is 19.8 Å². The Bertz CT molecular complexity index is 798. The predicted molar refractivity (Wildman–Crippen MR) is 78.5 cm³/mol. The first-order valence-corrected chi connectivity index (χ1v) is 6.52. The van der Waals surface area contributed by atoms with Crippen molar-refractivity contribution in [2.45, 2.75) is 13.5 Å². The zero-order valence-corrected chi connectivity index (χ0v) is 12.1. The molecule has 0 atom stereocenters. The number of nitrogens with one attached hydrogen (secondary N) is 1. The van der Waals surface area contributed by atoms with Gasteiger partial charge in [-0.2, -0.15) is 0 Å². The Morgan fingerprint density at radius 3 is 2.90 bits per heavy atom. The standard InChI is InChI=1S/C13H15N3O3S/c1-4-6-16-11(17)10-9(14-13(16)20)8(7-15(10)3)12(18)19-5-2/h4,7H,1,5-6H2,2-3H3,(H,14,20). The number of aromatic amines is 1. The third-order valence-electron chi connectivity index (χ3n) is 2.91. The van der Waals surface area contributed by atoms with Crippen molar-refractivity contribution in [3.05, 3.63) is 39.5 Å². The molecule has 2 aromatic heterocycles. The maximum Gasteiger partial charge on any atom is 0.341 e. The molecule has 0 aliphatic heterocycles. The lowest BCUT2D eigenvalue weighted by atomic mass is 10.3. The molecule has 2 heterocycles. The van der Waals surface area contributed by atoms with Crippen LogP contribution in [0.3, 0.4) is 0 Å². The van der Waals surface area contributed by atoms with Crippen LogP contribution < -0.4 is 5.56 Å². The fraction of sp³-hybridized carbons (Fsp3) is 0.308. The monoisotopic (exact) mass is 293 g/mol. The first kappa shape index (κ1) is 14.3. The summed E-state index contributed by atoms with van der Waals surface area (Å²) in [5, 5.41) is 0. The second-order valence-corrected chi connectivity index (χ2v) is 4.62. The molecule has 2 rings (SSSR count). The van der Waals surface area contributed by atoms with E-state index >= 15 is 0 Å². The first-order valence-electron chi connectivity index (χ1n) is 6.11. The van der Waals surface area contributed by atoms with E-state index in [9.17, 15) is 9.59 Å². The number of hydrogen-bond acceptors (Lipinski definition) is 4. The number of nitrogens with zero attached hydrogens (tertiary/aromatic N) is 2. The van der Waals surface area contributed by atoms with Crippen molar-refractivity contribution in [1.82, 2.24) is 14.1 Å². The van der Waals surface area contributed by atoms with Gasteiger partial charge in [0.15, 0.2) is 4.77 Å². The van der Waals surface area contributed by atoms with Gasteiger partial charge in [0.2, 0.25) is 0 Å². The average Bonchev–Trinajstić information content (AvgIpc) is 2.72. The highest BCUT2D eigenvalue weighted by molar-refractivity contribution is 7.71. The molecule has 0 unspecified atom stereocenters. The van der Waals surface area contributed by atoms with Crippen LogP contribution in [0.2, 0.25) is 0 Å². The molecule has 7 heteroatoms.